The van der Waals surface area contributed by atoms with E-state index in [0.29, 0.717) is 66.1 Å². The van der Waals surface area contributed by atoms with Crippen LogP contribution in [0.2, 0.25) is 10.0 Å². The predicted molar refractivity (Wildman–Crippen MR) is 172 cm³/mol. The summed E-state index contributed by atoms with van der Waals surface area (Å²) < 4.78 is 7.06. The molecule has 46 heavy (non-hydrogen) atoms. The first kappa shape index (κ1) is 31.7. The maximum Gasteiger partial charge on any atom is 0.405 e. The van der Waals surface area contributed by atoms with Gasteiger partial charge in [0.2, 0.25) is 0 Å². The third-order valence-electron chi connectivity index (χ3n) is 9.38. The van der Waals surface area contributed by atoms with Crippen LogP contribution in [0.4, 0.5) is 4.79 Å². The zero-order chi connectivity index (χ0) is 32.3. The van der Waals surface area contributed by atoms with Gasteiger partial charge in [0, 0.05) is 44.0 Å². The van der Waals surface area contributed by atoms with Gasteiger partial charge in [0.05, 0.1) is 33.9 Å². The van der Waals surface area contributed by atoms with E-state index in [4.69, 9.17) is 27.9 Å². The smallest absolute Gasteiger partial charge is 0.405 e. The van der Waals surface area contributed by atoms with E-state index in [1.807, 2.05) is 35.2 Å². The monoisotopic (exact) mass is 664 g/mol. The van der Waals surface area contributed by atoms with Crippen LogP contribution in [-0.2, 0) is 11.0 Å². The Morgan fingerprint density at radius 2 is 1.85 bits per heavy atom. The average Bonchev–Trinajstić information content (AvgIpc) is 3.77. The molecule has 2 aromatic carbocycles. The number of hydrogen-bond acceptors (Lipinski definition) is 8. The Morgan fingerprint density at radius 3 is 2.52 bits per heavy atom. The van der Waals surface area contributed by atoms with Crippen LogP contribution in [0.15, 0.2) is 67.3 Å². The van der Waals surface area contributed by atoms with Crippen molar-refractivity contribution < 1.29 is 19.4 Å². The number of carbonyl (C=O) groups is 2. The summed E-state index contributed by atoms with van der Waals surface area (Å²) in [6.45, 7) is 3.20. The number of halogens is 2. The van der Waals surface area contributed by atoms with Crippen LogP contribution in [0, 0.1) is 0 Å². The van der Waals surface area contributed by atoms with Crippen molar-refractivity contribution >= 4 is 35.2 Å². The van der Waals surface area contributed by atoms with Crippen molar-refractivity contribution in [1.82, 2.24) is 40.3 Å². The number of methoxy groups -OCH3 is 1. The van der Waals surface area contributed by atoms with Crippen LogP contribution in [0.3, 0.4) is 0 Å². The van der Waals surface area contributed by atoms with Gasteiger partial charge in [0.25, 0.3) is 5.91 Å². The van der Waals surface area contributed by atoms with Gasteiger partial charge in [-0.25, -0.2) is 9.48 Å². The molecule has 12 nitrogen and oxygen atoms in total. The van der Waals surface area contributed by atoms with Crippen LogP contribution in [0.5, 0.6) is 5.75 Å². The van der Waals surface area contributed by atoms with Crippen molar-refractivity contribution in [2.75, 3.05) is 39.8 Å². The molecular formula is C32H34Cl2N8O4. The molecule has 2 fully saturated rings. The molecule has 2 saturated heterocycles. The Bertz CT molecular complexity index is 1700. The molecule has 2 aliphatic rings. The number of carbonyl (C=O) groups excluding carboxylic acids is 1. The lowest BCUT2D eigenvalue weighted by Crippen LogP contribution is -2.53. The third-order valence-corrected chi connectivity index (χ3v) is 10.1. The first-order valence-electron chi connectivity index (χ1n) is 15.0. The van der Waals surface area contributed by atoms with Crippen molar-refractivity contribution in [3.05, 3.63) is 94.0 Å². The average molecular weight is 666 g/mol. The van der Waals surface area contributed by atoms with Crippen LogP contribution >= 0.6 is 23.2 Å². The largest absolute Gasteiger partial charge is 0.496 e. The van der Waals surface area contributed by atoms with E-state index >= 15 is 0 Å². The van der Waals surface area contributed by atoms with Crippen molar-refractivity contribution in [1.29, 1.82) is 0 Å². The second kappa shape index (κ2) is 13.2. The summed E-state index contributed by atoms with van der Waals surface area (Å²) in [5.74, 6) is 0.321. The SMILES string of the molecule is COc1ccc(-n2cnnn2)cc1C(=O)N1CC[C@](CCN2CCC(NC(=O)O)(c3cccnc3)CC2)(c2ccc(Cl)c(Cl)c2)C1. The third kappa shape index (κ3) is 6.37. The zero-order valence-corrected chi connectivity index (χ0v) is 26.8. The summed E-state index contributed by atoms with van der Waals surface area (Å²) >= 11 is 12.8. The summed E-state index contributed by atoms with van der Waals surface area (Å²) in [5.41, 5.74) is 1.91. The number of tetrazole rings is 1. The van der Waals surface area contributed by atoms with Gasteiger partial charge < -0.3 is 25.0 Å². The number of aromatic nitrogens is 5. The summed E-state index contributed by atoms with van der Waals surface area (Å²) in [6.07, 6.45) is 6.59. The number of ether oxygens (including phenoxy) is 1. The minimum atomic E-state index is -1.05. The Labute approximate surface area is 276 Å². The number of pyridine rings is 1. The van der Waals surface area contributed by atoms with Crippen LogP contribution in [0.1, 0.15) is 47.2 Å². The molecule has 4 aromatic rings. The highest BCUT2D eigenvalue weighted by Crippen LogP contribution is 2.42. The second-order valence-corrected chi connectivity index (χ2v) is 12.7. The van der Waals surface area contributed by atoms with E-state index in [1.54, 1.807) is 37.7 Å². The van der Waals surface area contributed by atoms with Crippen molar-refractivity contribution in [3.63, 3.8) is 0 Å². The number of hydrogen-bond donors (Lipinski definition) is 2. The summed E-state index contributed by atoms with van der Waals surface area (Å²) in [7, 11) is 1.54. The topological polar surface area (TPSA) is 139 Å². The molecule has 0 radical (unpaired) electrons. The van der Waals surface area contributed by atoms with Gasteiger partial charge in [-0.05, 0) is 90.2 Å². The highest BCUT2D eigenvalue weighted by Gasteiger charge is 2.43. The standard InChI is InChI=1S/C32H34Cl2N8O4/c1-46-28-7-5-24(42-21-36-38-39-42)18-25(28)29(43)41-16-9-31(20-41,22-4-6-26(33)27(34)17-22)8-13-40-14-10-32(11-15-40,37-30(44)45)23-3-2-12-35-19-23/h2-7,12,17-19,21,37H,8-11,13-16,20H2,1H3,(H,44,45)/t31-/m0/s1. The van der Waals surface area contributed by atoms with Gasteiger partial charge in [0.15, 0.2) is 0 Å². The highest BCUT2D eigenvalue weighted by molar-refractivity contribution is 6.42. The van der Waals surface area contributed by atoms with Crippen molar-refractivity contribution in [2.24, 2.45) is 0 Å². The highest BCUT2D eigenvalue weighted by atomic mass is 35.5. The lowest BCUT2D eigenvalue weighted by Gasteiger charge is -2.43. The number of likely N-dealkylation sites (tertiary alicyclic amines) is 2. The van der Waals surface area contributed by atoms with Gasteiger partial charge in [0.1, 0.15) is 12.1 Å². The molecule has 0 saturated carbocycles. The Morgan fingerprint density at radius 1 is 1.02 bits per heavy atom. The predicted octanol–water partition coefficient (Wildman–Crippen LogP) is 4.81. The number of piperidine rings is 1. The van der Waals surface area contributed by atoms with Gasteiger partial charge >= 0.3 is 6.09 Å². The van der Waals surface area contributed by atoms with Crippen LogP contribution in [0.25, 0.3) is 5.69 Å². The van der Waals surface area contributed by atoms with Gasteiger partial charge in [-0.2, -0.15) is 0 Å². The van der Waals surface area contributed by atoms with E-state index in [2.05, 4.69) is 30.7 Å². The van der Waals surface area contributed by atoms with E-state index in [-0.39, 0.29) is 11.3 Å². The molecule has 6 rings (SSSR count). The molecular weight excluding hydrogens is 631 g/mol. The molecule has 240 valence electrons. The minimum Gasteiger partial charge on any atom is -0.496 e. The molecule has 4 heterocycles. The molecule has 2 aromatic heterocycles. The molecule has 0 aliphatic carbocycles. The van der Waals surface area contributed by atoms with Gasteiger partial charge in [-0.15, -0.1) is 5.10 Å². The normalized spacial score (nSPS) is 19.6. The zero-order valence-electron chi connectivity index (χ0n) is 25.3. The number of benzene rings is 2. The van der Waals surface area contributed by atoms with Crippen molar-refractivity contribution in [3.8, 4) is 11.4 Å². The molecule has 14 heteroatoms. The number of nitrogens with one attached hydrogen (secondary N) is 1. The Balaban J connectivity index is 1.22. The molecule has 2 amide bonds. The molecule has 0 bridgehead atoms. The first-order valence-corrected chi connectivity index (χ1v) is 15.8. The van der Waals surface area contributed by atoms with Crippen LogP contribution < -0.4 is 10.1 Å². The Kier molecular flexibility index (Phi) is 9.12. The van der Waals surface area contributed by atoms with E-state index in [1.165, 1.54) is 11.0 Å². The van der Waals surface area contributed by atoms with E-state index in [0.717, 1.165) is 30.5 Å². The summed E-state index contributed by atoms with van der Waals surface area (Å²) in [6, 6.07) is 14.8. The molecule has 0 unspecified atom stereocenters. The Hall–Kier alpha value is -4.26. The molecule has 2 aliphatic heterocycles. The molecule has 1 atom stereocenters. The first-order chi connectivity index (χ1) is 22.2. The quantitative estimate of drug-likeness (QED) is 0.258. The number of carboxylic acid groups (broad SMARTS) is 1. The summed E-state index contributed by atoms with van der Waals surface area (Å²) in [4.78, 5) is 34.3. The summed E-state index contributed by atoms with van der Waals surface area (Å²) in [5, 5.41) is 24.7. The lowest BCUT2D eigenvalue weighted by molar-refractivity contribution is 0.0773. The fourth-order valence-corrected chi connectivity index (χ4v) is 7.08. The van der Waals surface area contributed by atoms with E-state index in [9.17, 15) is 14.7 Å². The van der Waals surface area contributed by atoms with Crippen LogP contribution in [-0.4, -0.2) is 91.9 Å². The minimum absolute atomic E-state index is 0.146. The van der Waals surface area contributed by atoms with E-state index < -0.39 is 11.6 Å². The lowest BCUT2D eigenvalue weighted by atomic mass is 9.76. The molecule has 0 spiro atoms. The van der Waals surface area contributed by atoms with Crippen molar-refractivity contribution in [2.45, 2.75) is 36.6 Å². The fourth-order valence-electron chi connectivity index (χ4n) is 6.78. The second-order valence-electron chi connectivity index (χ2n) is 11.9. The maximum absolute atomic E-state index is 14.1. The molecule has 2 N–H and O–H groups in total. The number of amides is 2. The van der Waals surface area contributed by atoms with Gasteiger partial charge in [-0.3, -0.25) is 9.78 Å². The van der Waals surface area contributed by atoms with Gasteiger partial charge in [-0.1, -0.05) is 35.3 Å². The number of nitrogens with zero attached hydrogens (tertiary/aromatic N) is 7. The number of rotatable bonds is 9. The fraction of sp³-hybridized carbons (Fsp3) is 0.375. The maximum atomic E-state index is 14.1.